The molecule has 0 radical (unpaired) electrons. The highest BCUT2D eigenvalue weighted by Gasteiger charge is 2.29. The highest BCUT2D eigenvalue weighted by molar-refractivity contribution is 5.88. The lowest BCUT2D eigenvalue weighted by Crippen LogP contribution is -2.40. The number of carbonyl (C=O) groups excluding carboxylic acids is 1. The SMILES string of the molecule is Cn1c2c(c3ccc(-n4ccc(OCc5ccccc5)cc4=O)cc31)CCN(C(=O)OC(C)(C)C)C2. The van der Waals surface area contributed by atoms with Crippen molar-refractivity contribution in [3.8, 4) is 11.4 Å². The zero-order valence-electron chi connectivity index (χ0n) is 21.2. The minimum atomic E-state index is -0.527. The molecule has 36 heavy (non-hydrogen) atoms. The second-order valence-electron chi connectivity index (χ2n) is 10.2. The Kier molecular flexibility index (Phi) is 6.08. The van der Waals surface area contributed by atoms with Crippen LogP contribution in [0, 0.1) is 0 Å². The number of rotatable bonds is 4. The van der Waals surface area contributed by atoms with Gasteiger partial charge in [-0.25, -0.2) is 4.79 Å². The fourth-order valence-corrected chi connectivity index (χ4v) is 4.68. The molecule has 2 aromatic carbocycles. The van der Waals surface area contributed by atoms with Gasteiger partial charge in [0.15, 0.2) is 0 Å². The number of aromatic nitrogens is 2. The molecular weight excluding hydrogens is 454 g/mol. The van der Waals surface area contributed by atoms with Gasteiger partial charge < -0.3 is 18.9 Å². The van der Waals surface area contributed by atoms with Gasteiger partial charge in [-0.2, -0.15) is 0 Å². The molecule has 4 aromatic rings. The van der Waals surface area contributed by atoms with E-state index in [4.69, 9.17) is 9.47 Å². The smallest absolute Gasteiger partial charge is 0.410 e. The molecule has 1 aliphatic heterocycles. The molecule has 0 atom stereocenters. The van der Waals surface area contributed by atoms with Gasteiger partial charge in [0.2, 0.25) is 0 Å². The van der Waals surface area contributed by atoms with Gasteiger partial charge in [-0.1, -0.05) is 36.4 Å². The van der Waals surface area contributed by atoms with Crippen molar-refractivity contribution in [2.75, 3.05) is 6.54 Å². The number of ether oxygens (including phenoxy) is 2. The molecule has 0 aliphatic carbocycles. The molecule has 0 saturated heterocycles. The van der Waals surface area contributed by atoms with Crippen LogP contribution in [0.4, 0.5) is 4.79 Å². The quantitative estimate of drug-likeness (QED) is 0.399. The van der Waals surface area contributed by atoms with E-state index in [1.165, 1.54) is 11.6 Å². The molecule has 0 unspecified atom stereocenters. The average Bonchev–Trinajstić information content (AvgIpc) is 3.13. The fraction of sp³-hybridized carbons (Fsp3) is 0.310. The first-order chi connectivity index (χ1) is 17.2. The maximum Gasteiger partial charge on any atom is 0.410 e. The van der Waals surface area contributed by atoms with Crippen molar-refractivity contribution < 1.29 is 14.3 Å². The van der Waals surface area contributed by atoms with Crippen molar-refractivity contribution >= 4 is 17.0 Å². The van der Waals surface area contributed by atoms with Gasteiger partial charge in [-0.3, -0.25) is 9.36 Å². The third kappa shape index (κ3) is 4.73. The number of fused-ring (bicyclic) bond motifs is 3. The fourth-order valence-electron chi connectivity index (χ4n) is 4.68. The second-order valence-corrected chi connectivity index (χ2v) is 10.2. The predicted molar refractivity (Wildman–Crippen MR) is 140 cm³/mol. The summed E-state index contributed by atoms with van der Waals surface area (Å²) >= 11 is 0. The van der Waals surface area contributed by atoms with Crippen LogP contribution in [0.25, 0.3) is 16.6 Å². The van der Waals surface area contributed by atoms with Crippen molar-refractivity contribution in [3.05, 3.63) is 94.0 Å². The van der Waals surface area contributed by atoms with E-state index in [0.29, 0.717) is 25.4 Å². The van der Waals surface area contributed by atoms with Crippen molar-refractivity contribution in [1.29, 1.82) is 0 Å². The third-order valence-electron chi connectivity index (χ3n) is 6.46. The number of hydrogen-bond acceptors (Lipinski definition) is 4. The normalized spacial score (nSPS) is 13.5. The van der Waals surface area contributed by atoms with E-state index in [0.717, 1.165) is 34.3 Å². The first kappa shape index (κ1) is 23.7. The molecule has 0 bridgehead atoms. The van der Waals surface area contributed by atoms with Crippen molar-refractivity contribution in [1.82, 2.24) is 14.0 Å². The van der Waals surface area contributed by atoms with E-state index in [1.54, 1.807) is 15.7 Å². The van der Waals surface area contributed by atoms with Crippen LogP contribution in [-0.4, -0.2) is 32.3 Å². The molecular formula is C29H31N3O4. The van der Waals surface area contributed by atoms with Gasteiger partial charge in [0.25, 0.3) is 5.56 Å². The van der Waals surface area contributed by atoms with Gasteiger partial charge in [0.1, 0.15) is 18.0 Å². The number of benzene rings is 2. The Morgan fingerprint density at radius 1 is 1.03 bits per heavy atom. The molecule has 5 rings (SSSR count). The summed E-state index contributed by atoms with van der Waals surface area (Å²) < 4.78 is 15.1. The van der Waals surface area contributed by atoms with Crippen molar-refractivity contribution in [2.24, 2.45) is 7.05 Å². The van der Waals surface area contributed by atoms with Gasteiger partial charge in [0.05, 0.1) is 17.7 Å². The zero-order valence-corrected chi connectivity index (χ0v) is 21.2. The molecule has 186 valence electrons. The Balaban J connectivity index is 1.39. The molecule has 7 heteroatoms. The van der Waals surface area contributed by atoms with E-state index in [-0.39, 0.29) is 11.7 Å². The number of hydrogen-bond donors (Lipinski definition) is 0. The molecule has 0 saturated carbocycles. The first-order valence-corrected chi connectivity index (χ1v) is 12.2. The molecule has 1 aliphatic rings. The monoisotopic (exact) mass is 485 g/mol. The molecule has 0 fully saturated rings. The number of aryl methyl sites for hydroxylation is 1. The third-order valence-corrected chi connectivity index (χ3v) is 6.46. The van der Waals surface area contributed by atoms with Gasteiger partial charge in [-0.15, -0.1) is 0 Å². The Labute approximate surface area is 210 Å². The van der Waals surface area contributed by atoms with Crippen molar-refractivity contribution in [2.45, 2.75) is 45.9 Å². The highest BCUT2D eigenvalue weighted by Crippen LogP contribution is 2.32. The topological polar surface area (TPSA) is 65.7 Å². The number of pyridine rings is 1. The molecule has 0 N–H and O–H groups in total. The molecule has 2 aromatic heterocycles. The maximum absolute atomic E-state index is 12.9. The minimum absolute atomic E-state index is 0.157. The minimum Gasteiger partial charge on any atom is -0.489 e. The molecule has 3 heterocycles. The maximum atomic E-state index is 12.9. The highest BCUT2D eigenvalue weighted by atomic mass is 16.6. The molecule has 0 spiro atoms. The second kappa shape index (κ2) is 9.22. The summed E-state index contributed by atoms with van der Waals surface area (Å²) in [6, 6.07) is 19.2. The summed E-state index contributed by atoms with van der Waals surface area (Å²) in [5.41, 5.74) is 4.51. The number of amides is 1. The van der Waals surface area contributed by atoms with E-state index < -0.39 is 5.60 Å². The van der Waals surface area contributed by atoms with Crippen LogP contribution in [0.5, 0.6) is 5.75 Å². The lowest BCUT2D eigenvalue weighted by Gasteiger charge is -2.30. The van der Waals surface area contributed by atoms with Crippen LogP contribution < -0.4 is 10.3 Å². The summed E-state index contributed by atoms with van der Waals surface area (Å²) in [4.78, 5) is 27.3. The Morgan fingerprint density at radius 2 is 1.81 bits per heavy atom. The summed E-state index contributed by atoms with van der Waals surface area (Å²) in [7, 11) is 2.01. The van der Waals surface area contributed by atoms with Crippen LogP contribution in [-0.2, 0) is 31.4 Å². The largest absolute Gasteiger partial charge is 0.489 e. The Hall–Kier alpha value is -4.00. The van der Waals surface area contributed by atoms with E-state index >= 15 is 0 Å². The van der Waals surface area contributed by atoms with Crippen LogP contribution in [0.2, 0.25) is 0 Å². The Morgan fingerprint density at radius 3 is 2.53 bits per heavy atom. The van der Waals surface area contributed by atoms with E-state index in [2.05, 4.69) is 10.6 Å². The zero-order chi connectivity index (χ0) is 25.4. The first-order valence-electron chi connectivity index (χ1n) is 12.2. The van der Waals surface area contributed by atoms with Crippen LogP contribution in [0.1, 0.15) is 37.6 Å². The number of carbonyl (C=O) groups is 1. The number of nitrogens with zero attached hydrogens (tertiary/aromatic N) is 3. The van der Waals surface area contributed by atoms with Gasteiger partial charge in [0, 0.05) is 36.9 Å². The average molecular weight is 486 g/mol. The predicted octanol–water partition coefficient (Wildman–Crippen LogP) is 5.20. The van der Waals surface area contributed by atoms with Gasteiger partial charge >= 0.3 is 6.09 Å². The Bertz CT molecular complexity index is 1480. The van der Waals surface area contributed by atoms with Crippen molar-refractivity contribution in [3.63, 3.8) is 0 Å². The summed E-state index contributed by atoms with van der Waals surface area (Å²) in [5.74, 6) is 0.540. The lowest BCUT2D eigenvalue weighted by molar-refractivity contribution is 0.0220. The molecule has 1 amide bonds. The molecule has 7 nitrogen and oxygen atoms in total. The van der Waals surface area contributed by atoms with Crippen LogP contribution in [0.3, 0.4) is 0 Å². The van der Waals surface area contributed by atoms with Gasteiger partial charge in [-0.05, 0) is 56.5 Å². The summed E-state index contributed by atoms with van der Waals surface area (Å²) in [6.45, 7) is 7.16. The van der Waals surface area contributed by atoms with E-state index in [9.17, 15) is 9.59 Å². The summed E-state index contributed by atoms with van der Waals surface area (Å²) in [6.07, 6.45) is 2.22. The standard InChI is InChI=1S/C29H31N3O4/c1-29(2,3)36-28(34)31-14-13-24-23-11-10-21(16-25(23)30(4)26(24)18-31)32-15-12-22(17-27(32)33)35-19-20-8-6-5-7-9-20/h5-12,15-17H,13-14,18-19H2,1-4H3. The van der Waals surface area contributed by atoms with Crippen LogP contribution >= 0.6 is 0 Å². The summed E-state index contributed by atoms with van der Waals surface area (Å²) in [5, 5.41) is 1.15. The van der Waals surface area contributed by atoms with E-state index in [1.807, 2.05) is 76.3 Å². The van der Waals surface area contributed by atoms with Crippen LogP contribution in [0.15, 0.2) is 71.7 Å². The lowest BCUT2D eigenvalue weighted by atomic mass is 10.0.